The van der Waals surface area contributed by atoms with Crippen molar-refractivity contribution in [2.75, 3.05) is 0 Å². The van der Waals surface area contributed by atoms with Gasteiger partial charge in [0.05, 0.1) is 0 Å². The van der Waals surface area contributed by atoms with Crippen LogP contribution in [0.25, 0.3) is 16.7 Å². The van der Waals surface area contributed by atoms with Gasteiger partial charge in [0.1, 0.15) is 0 Å². The van der Waals surface area contributed by atoms with E-state index in [1.807, 2.05) is 0 Å². The monoisotopic (exact) mass is 419 g/mol. The van der Waals surface area contributed by atoms with Crippen LogP contribution in [-0.2, 0) is 24.7 Å². The van der Waals surface area contributed by atoms with E-state index >= 15 is 0 Å². The van der Waals surface area contributed by atoms with Crippen molar-refractivity contribution < 1.29 is 24.7 Å². The summed E-state index contributed by atoms with van der Waals surface area (Å²) >= 11 is 1.65. The van der Waals surface area contributed by atoms with Gasteiger partial charge in [0, 0.05) is 0 Å². The SMILES string of the molecule is CCC(C)c1ccc(-c2cccc3c2C(C)=C(C2CCCC2)[CH]3[Zr])cc1. The van der Waals surface area contributed by atoms with E-state index in [4.69, 9.17) is 0 Å². The van der Waals surface area contributed by atoms with Crippen molar-refractivity contribution in [2.45, 2.75) is 62.4 Å². The first kappa shape index (κ1) is 18.4. The fraction of sp³-hybridized carbons (Fsp3) is 0.440. The fourth-order valence-electron chi connectivity index (χ4n) is 5.00. The van der Waals surface area contributed by atoms with Crippen LogP contribution in [-0.4, -0.2) is 0 Å². The van der Waals surface area contributed by atoms with Gasteiger partial charge in [-0.05, 0) is 0 Å². The first-order valence-electron chi connectivity index (χ1n) is 10.3. The summed E-state index contributed by atoms with van der Waals surface area (Å²) in [5.41, 5.74) is 10.8. The third kappa shape index (κ3) is 3.11. The standard InChI is InChI=1S/C25H29.Zr/c1-4-17(2)19-12-14-21(15-13-19)23-11-7-10-22-16-24(18(3)25(22)23)20-8-5-6-9-20;/h7,10-17,20H,4-6,8-9H2,1-3H3;. The van der Waals surface area contributed by atoms with E-state index in [1.54, 1.807) is 47.0 Å². The van der Waals surface area contributed by atoms with Crippen LogP contribution < -0.4 is 0 Å². The Morgan fingerprint density at radius 1 is 1.04 bits per heavy atom. The van der Waals surface area contributed by atoms with Crippen LogP contribution in [0.5, 0.6) is 0 Å². The molecule has 0 radical (unpaired) electrons. The molecule has 0 aliphatic heterocycles. The molecule has 0 bridgehead atoms. The Hall–Kier alpha value is -0.937. The first-order valence-corrected chi connectivity index (χ1v) is 11.7. The summed E-state index contributed by atoms with van der Waals surface area (Å²) in [7, 11) is 0. The average Bonchev–Trinajstić information content (AvgIpc) is 3.28. The van der Waals surface area contributed by atoms with Crippen molar-refractivity contribution in [3.05, 3.63) is 64.7 Å². The van der Waals surface area contributed by atoms with E-state index in [2.05, 4.69) is 63.2 Å². The third-order valence-corrected chi connectivity index (χ3v) is 8.25. The predicted molar refractivity (Wildman–Crippen MR) is 108 cm³/mol. The van der Waals surface area contributed by atoms with E-state index in [0.717, 1.165) is 5.92 Å². The number of fused-ring (bicyclic) bond motifs is 1. The molecule has 2 aromatic rings. The molecule has 2 unspecified atom stereocenters. The molecule has 0 spiro atoms. The topological polar surface area (TPSA) is 0 Å². The minimum absolute atomic E-state index is 0.644. The van der Waals surface area contributed by atoms with Gasteiger partial charge in [-0.1, -0.05) is 0 Å². The molecule has 0 nitrogen and oxygen atoms in total. The van der Waals surface area contributed by atoms with E-state index in [9.17, 15) is 0 Å². The summed E-state index contributed by atoms with van der Waals surface area (Å²) in [4.78, 5) is 0. The Balaban J connectivity index is 1.77. The second kappa shape index (κ2) is 7.59. The van der Waals surface area contributed by atoms with Crippen LogP contribution in [0.2, 0.25) is 0 Å². The normalized spacial score (nSPS) is 21.2. The van der Waals surface area contributed by atoms with Gasteiger partial charge in [0.25, 0.3) is 0 Å². The molecule has 1 heteroatoms. The molecule has 0 saturated heterocycles. The van der Waals surface area contributed by atoms with Crippen molar-refractivity contribution in [3.63, 3.8) is 0 Å². The van der Waals surface area contributed by atoms with E-state index in [-0.39, 0.29) is 0 Å². The summed E-state index contributed by atoms with van der Waals surface area (Å²) in [6.45, 7) is 6.99. The first-order chi connectivity index (χ1) is 12.6. The maximum absolute atomic E-state index is 2.40. The van der Waals surface area contributed by atoms with E-state index in [1.165, 1.54) is 48.8 Å². The molecule has 2 aromatic carbocycles. The second-order valence-electron chi connectivity index (χ2n) is 8.20. The van der Waals surface area contributed by atoms with Gasteiger partial charge in [0.2, 0.25) is 0 Å². The van der Waals surface area contributed by atoms with Crippen LogP contribution in [0, 0.1) is 5.92 Å². The van der Waals surface area contributed by atoms with Crippen molar-refractivity contribution in [1.29, 1.82) is 0 Å². The number of hydrogen-bond acceptors (Lipinski definition) is 0. The molecular weight excluding hydrogens is 391 g/mol. The molecule has 0 N–H and O–H groups in total. The van der Waals surface area contributed by atoms with Crippen molar-refractivity contribution in [3.8, 4) is 11.1 Å². The number of allylic oxidation sites excluding steroid dienone is 2. The van der Waals surface area contributed by atoms with Gasteiger partial charge in [-0.2, -0.15) is 0 Å². The molecule has 4 rings (SSSR count). The Morgan fingerprint density at radius 2 is 1.73 bits per heavy atom. The zero-order valence-electron chi connectivity index (χ0n) is 16.3. The van der Waals surface area contributed by atoms with Gasteiger partial charge in [0.15, 0.2) is 0 Å². The summed E-state index contributed by atoms with van der Waals surface area (Å²) in [6, 6.07) is 16.4. The van der Waals surface area contributed by atoms with Crippen LogP contribution >= 0.6 is 0 Å². The summed E-state index contributed by atoms with van der Waals surface area (Å²) < 4.78 is 0.680. The number of benzene rings is 2. The Kier molecular flexibility index (Phi) is 5.38. The van der Waals surface area contributed by atoms with E-state index < -0.39 is 0 Å². The maximum atomic E-state index is 2.40. The average molecular weight is 421 g/mol. The van der Waals surface area contributed by atoms with Gasteiger partial charge in [-0.25, -0.2) is 0 Å². The van der Waals surface area contributed by atoms with Gasteiger partial charge in [-0.15, -0.1) is 0 Å². The van der Waals surface area contributed by atoms with Crippen molar-refractivity contribution >= 4 is 5.57 Å². The fourth-order valence-corrected chi connectivity index (χ4v) is 6.71. The van der Waals surface area contributed by atoms with E-state index in [0.29, 0.717) is 9.54 Å². The zero-order chi connectivity index (χ0) is 18.3. The molecule has 0 aromatic heterocycles. The zero-order valence-corrected chi connectivity index (χ0v) is 18.8. The van der Waals surface area contributed by atoms with Crippen LogP contribution in [0.1, 0.15) is 79.1 Å². The molecule has 2 atom stereocenters. The molecule has 26 heavy (non-hydrogen) atoms. The Morgan fingerprint density at radius 3 is 2.38 bits per heavy atom. The Labute approximate surface area is 174 Å². The molecule has 2 aliphatic rings. The number of rotatable bonds is 4. The Bertz CT molecular complexity index is 822. The van der Waals surface area contributed by atoms with Gasteiger partial charge in [-0.3, -0.25) is 0 Å². The molecule has 2 aliphatic carbocycles. The van der Waals surface area contributed by atoms with Crippen LogP contribution in [0.4, 0.5) is 0 Å². The summed E-state index contributed by atoms with van der Waals surface area (Å²) in [5.74, 6) is 1.48. The quantitative estimate of drug-likeness (QED) is 0.482. The second-order valence-corrected chi connectivity index (χ2v) is 9.61. The van der Waals surface area contributed by atoms with Crippen LogP contribution in [0.3, 0.4) is 0 Å². The predicted octanol–water partition coefficient (Wildman–Crippen LogP) is 7.43. The van der Waals surface area contributed by atoms with Gasteiger partial charge < -0.3 is 0 Å². The van der Waals surface area contributed by atoms with Crippen LogP contribution in [0.15, 0.2) is 48.0 Å². The minimum atomic E-state index is 0.644. The van der Waals surface area contributed by atoms with Crippen molar-refractivity contribution in [2.24, 2.45) is 5.92 Å². The number of hydrogen-bond donors (Lipinski definition) is 0. The molecule has 0 heterocycles. The van der Waals surface area contributed by atoms with Crippen molar-refractivity contribution in [1.82, 2.24) is 0 Å². The molecule has 0 amide bonds. The summed E-state index contributed by atoms with van der Waals surface area (Å²) in [5, 5.41) is 0. The third-order valence-electron chi connectivity index (χ3n) is 6.72. The molecule has 1 saturated carbocycles. The summed E-state index contributed by atoms with van der Waals surface area (Å²) in [6.07, 6.45) is 6.86. The molecule has 1 fully saturated rings. The molecule has 133 valence electrons. The van der Waals surface area contributed by atoms with Gasteiger partial charge >= 0.3 is 174 Å². The molecular formula is C25H29Zr.